The molecule has 0 saturated heterocycles. The molecule has 0 aliphatic rings. The second-order valence-corrected chi connectivity index (χ2v) is 3.68. The Morgan fingerprint density at radius 1 is 1.64 bits per heavy atom. The summed E-state index contributed by atoms with van der Waals surface area (Å²) < 4.78 is 13.2. The highest BCUT2D eigenvalue weighted by atomic mass is 79.9. The fraction of sp³-hybridized carbons (Fsp3) is 0.222. The monoisotopic (exact) mass is 261 g/mol. The van der Waals surface area contributed by atoms with Crippen molar-refractivity contribution in [1.29, 1.82) is 0 Å². The number of nitrogens with one attached hydrogen (secondary N) is 1. The van der Waals surface area contributed by atoms with E-state index in [1.807, 2.05) is 0 Å². The van der Waals surface area contributed by atoms with Crippen molar-refractivity contribution < 1.29 is 14.3 Å². The number of carboxylic acid groups (broad SMARTS) is 1. The third-order valence-electron chi connectivity index (χ3n) is 1.67. The predicted octanol–water partition coefficient (Wildman–Crippen LogP) is 2.47. The molecular formula is C9H9BrFNO2. The van der Waals surface area contributed by atoms with E-state index < -0.39 is 12.0 Å². The normalized spacial score (nSPS) is 12.2. The van der Waals surface area contributed by atoms with Crippen LogP contribution in [0.15, 0.2) is 22.7 Å². The van der Waals surface area contributed by atoms with Gasteiger partial charge >= 0.3 is 5.97 Å². The highest BCUT2D eigenvalue weighted by Crippen LogP contribution is 2.23. The lowest BCUT2D eigenvalue weighted by atomic mass is 10.2. The maximum absolute atomic E-state index is 12.7. The molecule has 1 aromatic rings. The fourth-order valence-electron chi connectivity index (χ4n) is 0.902. The van der Waals surface area contributed by atoms with Gasteiger partial charge in [-0.15, -0.1) is 0 Å². The zero-order valence-corrected chi connectivity index (χ0v) is 9.01. The second kappa shape index (κ2) is 4.41. The van der Waals surface area contributed by atoms with Crippen molar-refractivity contribution in [3.8, 4) is 0 Å². The van der Waals surface area contributed by atoms with E-state index in [4.69, 9.17) is 5.11 Å². The Bertz CT molecular complexity index is 357. The lowest BCUT2D eigenvalue weighted by Gasteiger charge is -2.11. The van der Waals surface area contributed by atoms with Crippen LogP contribution in [0.3, 0.4) is 0 Å². The molecule has 3 nitrogen and oxygen atoms in total. The maximum atomic E-state index is 12.7. The molecule has 1 atom stereocenters. The Hall–Kier alpha value is -1.10. The zero-order valence-electron chi connectivity index (χ0n) is 7.42. The first kappa shape index (κ1) is 11.0. The summed E-state index contributed by atoms with van der Waals surface area (Å²) in [6, 6.07) is 3.31. The van der Waals surface area contributed by atoms with Gasteiger partial charge in [0.25, 0.3) is 0 Å². The zero-order chi connectivity index (χ0) is 10.7. The van der Waals surface area contributed by atoms with Gasteiger partial charge in [0.1, 0.15) is 11.9 Å². The largest absolute Gasteiger partial charge is 0.480 e. The third kappa shape index (κ3) is 2.70. The number of rotatable bonds is 3. The lowest BCUT2D eigenvalue weighted by molar-refractivity contribution is -0.137. The van der Waals surface area contributed by atoms with Gasteiger partial charge in [0.05, 0.1) is 0 Å². The minimum atomic E-state index is -0.957. The summed E-state index contributed by atoms with van der Waals surface area (Å²) in [6.45, 7) is 1.51. The van der Waals surface area contributed by atoms with Crippen LogP contribution in [0, 0.1) is 5.82 Å². The summed E-state index contributed by atoms with van der Waals surface area (Å²) >= 11 is 3.13. The first-order chi connectivity index (χ1) is 6.50. The molecule has 14 heavy (non-hydrogen) atoms. The summed E-state index contributed by atoms with van der Waals surface area (Å²) in [4.78, 5) is 10.5. The van der Waals surface area contributed by atoms with Crippen molar-refractivity contribution in [2.45, 2.75) is 13.0 Å². The van der Waals surface area contributed by atoms with Crippen LogP contribution >= 0.6 is 15.9 Å². The molecule has 0 spiro atoms. The van der Waals surface area contributed by atoms with E-state index in [2.05, 4.69) is 21.2 Å². The standard InChI is InChI=1S/C9H9BrFNO2/c1-5(9(13)14)12-8-3-2-6(11)4-7(8)10/h2-5,12H,1H3,(H,13,14). The van der Waals surface area contributed by atoms with Crippen LogP contribution in [0.5, 0.6) is 0 Å². The molecule has 1 unspecified atom stereocenters. The fourth-order valence-corrected chi connectivity index (χ4v) is 1.37. The first-order valence-electron chi connectivity index (χ1n) is 3.95. The quantitative estimate of drug-likeness (QED) is 0.879. The number of halogens is 2. The Balaban J connectivity index is 2.82. The van der Waals surface area contributed by atoms with Crippen LogP contribution in [-0.4, -0.2) is 17.1 Å². The van der Waals surface area contributed by atoms with Crippen molar-refractivity contribution in [2.75, 3.05) is 5.32 Å². The van der Waals surface area contributed by atoms with Crippen molar-refractivity contribution in [3.63, 3.8) is 0 Å². The van der Waals surface area contributed by atoms with Gasteiger partial charge in [0.15, 0.2) is 0 Å². The molecular weight excluding hydrogens is 253 g/mol. The third-order valence-corrected chi connectivity index (χ3v) is 2.33. The van der Waals surface area contributed by atoms with Gasteiger partial charge in [-0.3, -0.25) is 4.79 Å². The molecule has 0 bridgehead atoms. The summed E-state index contributed by atoms with van der Waals surface area (Å²) in [6.07, 6.45) is 0. The number of benzene rings is 1. The second-order valence-electron chi connectivity index (χ2n) is 2.83. The van der Waals surface area contributed by atoms with Crippen molar-refractivity contribution >= 4 is 27.6 Å². The van der Waals surface area contributed by atoms with Gasteiger partial charge in [-0.25, -0.2) is 4.39 Å². The van der Waals surface area contributed by atoms with Gasteiger partial charge in [-0.1, -0.05) is 0 Å². The van der Waals surface area contributed by atoms with Crippen LogP contribution < -0.4 is 5.32 Å². The lowest BCUT2D eigenvalue weighted by Crippen LogP contribution is -2.25. The van der Waals surface area contributed by atoms with Gasteiger partial charge < -0.3 is 10.4 Å². The molecule has 0 saturated carbocycles. The number of aliphatic carboxylic acids is 1. The molecule has 1 aromatic carbocycles. The number of hydrogen-bond acceptors (Lipinski definition) is 2. The molecule has 1 rings (SSSR count). The molecule has 0 aromatic heterocycles. The molecule has 2 N–H and O–H groups in total. The topological polar surface area (TPSA) is 49.3 Å². The SMILES string of the molecule is CC(Nc1ccc(F)cc1Br)C(=O)O. The summed E-state index contributed by atoms with van der Waals surface area (Å²) in [5.41, 5.74) is 0.557. The van der Waals surface area contributed by atoms with Gasteiger partial charge in [-0.05, 0) is 41.1 Å². The minimum absolute atomic E-state index is 0.370. The highest BCUT2D eigenvalue weighted by molar-refractivity contribution is 9.10. The number of carboxylic acids is 1. The average Bonchev–Trinajstić information content (AvgIpc) is 2.09. The highest BCUT2D eigenvalue weighted by Gasteiger charge is 2.11. The average molecular weight is 262 g/mol. The van der Waals surface area contributed by atoms with E-state index in [1.165, 1.54) is 25.1 Å². The van der Waals surface area contributed by atoms with E-state index >= 15 is 0 Å². The molecule has 0 radical (unpaired) electrons. The molecule has 5 heteroatoms. The van der Waals surface area contributed by atoms with Gasteiger partial charge in [0, 0.05) is 10.2 Å². The van der Waals surface area contributed by atoms with E-state index in [1.54, 1.807) is 0 Å². The van der Waals surface area contributed by atoms with Gasteiger partial charge in [-0.2, -0.15) is 0 Å². The molecule has 0 aliphatic heterocycles. The van der Waals surface area contributed by atoms with Crippen molar-refractivity contribution in [1.82, 2.24) is 0 Å². The number of anilines is 1. The molecule has 76 valence electrons. The predicted molar refractivity (Wildman–Crippen MR) is 54.8 cm³/mol. The first-order valence-corrected chi connectivity index (χ1v) is 4.74. The Morgan fingerprint density at radius 2 is 2.29 bits per heavy atom. The molecule has 0 heterocycles. The van der Waals surface area contributed by atoms with E-state index in [-0.39, 0.29) is 5.82 Å². The molecule has 0 fully saturated rings. The van der Waals surface area contributed by atoms with Crippen LogP contribution in [-0.2, 0) is 4.79 Å². The summed E-state index contributed by atoms with van der Waals surface area (Å²) in [5.74, 6) is -1.33. The summed E-state index contributed by atoms with van der Waals surface area (Å²) in [7, 11) is 0. The van der Waals surface area contributed by atoms with Crippen LogP contribution in [0.1, 0.15) is 6.92 Å². The summed E-state index contributed by atoms with van der Waals surface area (Å²) in [5, 5.41) is 11.4. The Kier molecular flexibility index (Phi) is 3.46. The Labute approximate surface area is 89.1 Å². The van der Waals surface area contributed by atoms with Crippen LogP contribution in [0.4, 0.5) is 10.1 Å². The van der Waals surface area contributed by atoms with E-state index in [0.29, 0.717) is 10.2 Å². The van der Waals surface area contributed by atoms with E-state index in [0.717, 1.165) is 0 Å². The Morgan fingerprint density at radius 3 is 2.79 bits per heavy atom. The van der Waals surface area contributed by atoms with Crippen molar-refractivity contribution in [2.24, 2.45) is 0 Å². The van der Waals surface area contributed by atoms with Crippen molar-refractivity contribution in [3.05, 3.63) is 28.5 Å². The molecule has 0 aliphatic carbocycles. The van der Waals surface area contributed by atoms with Gasteiger partial charge in [0.2, 0.25) is 0 Å². The smallest absolute Gasteiger partial charge is 0.325 e. The maximum Gasteiger partial charge on any atom is 0.325 e. The molecule has 0 amide bonds. The van der Waals surface area contributed by atoms with Crippen LogP contribution in [0.25, 0.3) is 0 Å². The van der Waals surface area contributed by atoms with Crippen LogP contribution in [0.2, 0.25) is 0 Å². The minimum Gasteiger partial charge on any atom is -0.480 e. The number of hydrogen-bond donors (Lipinski definition) is 2. The van der Waals surface area contributed by atoms with E-state index in [9.17, 15) is 9.18 Å². The number of carbonyl (C=O) groups is 1.